The summed E-state index contributed by atoms with van der Waals surface area (Å²) in [6.45, 7) is 2.12. The molecule has 0 amide bonds. The highest BCUT2D eigenvalue weighted by Crippen LogP contribution is 2.32. The lowest BCUT2D eigenvalue weighted by Crippen LogP contribution is -2.45. The minimum atomic E-state index is 0.305. The van der Waals surface area contributed by atoms with Gasteiger partial charge in [-0.25, -0.2) is 0 Å². The van der Waals surface area contributed by atoms with Gasteiger partial charge in [0.15, 0.2) is 5.78 Å². The van der Waals surface area contributed by atoms with Crippen molar-refractivity contribution in [3.8, 4) is 0 Å². The molecule has 1 aromatic heterocycles. The fraction of sp³-hybridized carbons (Fsp3) is 0.417. The fourth-order valence-corrected chi connectivity index (χ4v) is 3.04. The molecule has 0 radical (unpaired) electrons. The molecule has 2 nitrogen and oxygen atoms in total. The first-order chi connectivity index (χ1) is 7.34. The van der Waals surface area contributed by atoms with Gasteiger partial charge in [0.05, 0.1) is 5.70 Å². The highest BCUT2D eigenvalue weighted by Gasteiger charge is 2.36. The number of carbonyl (C=O) groups excluding carboxylic acids is 1. The van der Waals surface area contributed by atoms with E-state index >= 15 is 0 Å². The van der Waals surface area contributed by atoms with Crippen LogP contribution < -0.4 is 0 Å². The summed E-state index contributed by atoms with van der Waals surface area (Å²) in [5.74, 6) is 0.665. The van der Waals surface area contributed by atoms with Crippen LogP contribution in [0.25, 0.3) is 6.08 Å². The smallest absolute Gasteiger partial charge is 0.182 e. The van der Waals surface area contributed by atoms with Crippen LogP contribution in [0.2, 0.25) is 0 Å². The van der Waals surface area contributed by atoms with Crippen molar-refractivity contribution in [1.29, 1.82) is 0 Å². The van der Waals surface area contributed by atoms with Gasteiger partial charge in [0, 0.05) is 19.0 Å². The second kappa shape index (κ2) is 3.49. The molecule has 0 unspecified atom stereocenters. The molecule has 0 atom stereocenters. The molecule has 2 bridgehead atoms. The standard InChI is InChI=1S/C12H13NOS/c14-12-10-1-4-13(5-2-10)11(12)7-9-3-6-15-8-9/h3,6-8,10H,1-2,4-5H2/b11-7-. The normalized spacial score (nSPS) is 24.1. The molecule has 4 heterocycles. The van der Waals surface area contributed by atoms with Gasteiger partial charge in [0.2, 0.25) is 0 Å². The summed E-state index contributed by atoms with van der Waals surface area (Å²) in [6, 6.07) is 2.06. The van der Waals surface area contributed by atoms with Gasteiger partial charge < -0.3 is 4.90 Å². The summed E-state index contributed by atoms with van der Waals surface area (Å²) < 4.78 is 0. The number of allylic oxidation sites excluding steroid dienone is 1. The number of ketones is 1. The Balaban J connectivity index is 1.95. The highest BCUT2D eigenvalue weighted by atomic mass is 32.1. The molecule has 0 aliphatic carbocycles. The van der Waals surface area contributed by atoms with E-state index in [-0.39, 0.29) is 0 Å². The number of carbonyl (C=O) groups is 1. The van der Waals surface area contributed by atoms with E-state index in [9.17, 15) is 4.79 Å². The molecule has 3 heteroatoms. The van der Waals surface area contributed by atoms with Gasteiger partial charge in [-0.15, -0.1) is 0 Å². The molecule has 0 spiro atoms. The Hall–Kier alpha value is -1.09. The summed E-state index contributed by atoms with van der Waals surface area (Å²) >= 11 is 1.68. The number of fused-ring (bicyclic) bond motifs is 3. The predicted molar refractivity (Wildman–Crippen MR) is 61.6 cm³/mol. The second-order valence-electron chi connectivity index (χ2n) is 4.21. The Morgan fingerprint density at radius 3 is 2.80 bits per heavy atom. The van der Waals surface area contributed by atoms with Crippen molar-refractivity contribution in [2.24, 2.45) is 5.92 Å². The SMILES string of the molecule is O=C1/C(=C/c2ccsc2)N2CCC1CC2. The highest BCUT2D eigenvalue weighted by molar-refractivity contribution is 7.08. The molecular weight excluding hydrogens is 206 g/mol. The van der Waals surface area contributed by atoms with E-state index in [0.717, 1.165) is 37.2 Å². The molecule has 3 saturated heterocycles. The zero-order chi connectivity index (χ0) is 10.3. The van der Waals surface area contributed by atoms with Crippen LogP contribution in [0.3, 0.4) is 0 Å². The van der Waals surface area contributed by atoms with Crippen LogP contribution in [0.1, 0.15) is 18.4 Å². The lowest BCUT2D eigenvalue weighted by molar-refractivity contribution is -0.125. The number of thiophene rings is 1. The minimum Gasteiger partial charge on any atom is -0.369 e. The molecule has 0 aromatic carbocycles. The number of piperidine rings is 3. The first-order valence-corrected chi connectivity index (χ1v) is 6.32. The Labute approximate surface area is 93.2 Å². The first kappa shape index (κ1) is 9.16. The van der Waals surface area contributed by atoms with E-state index in [4.69, 9.17) is 0 Å². The van der Waals surface area contributed by atoms with Gasteiger partial charge in [-0.05, 0) is 41.3 Å². The van der Waals surface area contributed by atoms with Crippen molar-refractivity contribution < 1.29 is 4.79 Å². The number of Topliss-reactive ketones (excluding diaryl/α,β-unsaturated/α-hetero) is 1. The maximum Gasteiger partial charge on any atom is 0.182 e. The van der Waals surface area contributed by atoms with E-state index < -0.39 is 0 Å². The Morgan fingerprint density at radius 2 is 2.20 bits per heavy atom. The molecule has 78 valence electrons. The molecule has 0 saturated carbocycles. The van der Waals surface area contributed by atoms with Gasteiger partial charge in [-0.3, -0.25) is 4.79 Å². The maximum absolute atomic E-state index is 12.0. The molecular formula is C12H13NOS. The molecule has 3 aliphatic heterocycles. The van der Waals surface area contributed by atoms with Gasteiger partial charge in [-0.1, -0.05) is 0 Å². The van der Waals surface area contributed by atoms with Crippen LogP contribution in [0.4, 0.5) is 0 Å². The van der Waals surface area contributed by atoms with Gasteiger partial charge >= 0.3 is 0 Å². The Bertz CT molecular complexity index is 399. The molecule has 3 fully saturated rings. The number of hydrogen-bond acceptors (Lipinski definition) is 3. The van der Waals surface area contributed by atoms with E-state index in [1.165, 1.54) is 0 Å². The van der Waals surface area contributed by atoms with Gasteiger partial charge in [0.1, 0.15) is 0 Å². The zero-order valence-electron chi connectivity index (χ0n) is 8.48. The largest absolute Gasteiger partial charge is 0.369 e. The summed E-state index contributed by atoms with van der Waals surface area (Å²) in [5, 5.41) is 4.14. The van der Waals surface area contributed by atoms with Crippen molar-refractivity contribution >= 4 is 23.2 Å². The van der Waals surface area contributed by atoms with Gasteiger partial charge in [-0.2, -0.15) is 11.3 Å². The van der Waals surface area contributed by atoms with Crippen LogP contribution in [-0.4, -0.2) is 23.8 Å². The molecule has 4 rings (SSSR count). The third kappa shape index (κ3) is 1.51. The third-order valence-corrected chi connectivity index (χ3v) is 4.01. The van der Waals surface area contributed by atoms with Gasteiger partial charge in [0.25, 0.3) is 0 Å². The van der Waals surface area contributed by atoms with Crippen LogP contribution in [0.15, 0.2) is 22.5 Å². The lowest BCUT2D eigenvalue weighted by Gasteiger charge is -2.41. The summed E-state index contributed by atoms with van der Waals surface area (Å²) in [5.41, 5.74) is 2.10. The van der Waals surface area contributed by atoms with Crippen LogP contribution in [-0.2, 0) is 4.79 Å². The van der Waals surface area contributed by atoms with Crippen LogP contribution in [0.5, 0.6) is 0 Å². The fourth-order valence-electron chi connectivity index (χ4n) is 2.42. The van der Waals surface area contributed by atoms with Crippen LogP contribution >= 0.6 is 11.3 Å². The van der Waals surface area contributed by atoms with Crippen LogP contribution in [0, 0.1) is 5.92 Å². The van der Waals surface area contributed by atoms with E-state index in [0.29, 0.717) is 11.7 Å². The van der Waals surface area contributed by atoms with E-state index in [1.807, 2.05) is 11.5 Å². The maximum atomic E-state index is 12.0. The van der Waals surface area contributed by atoms with Crippen molar-refractivity contribution in [1.82, 2.24) is 4.90 Å². The molecule has 1 aromatic rings. The van der Waals surface area contributed by atoms with Crippen molar-refractivity contribution in [3.05, 3.63) is 28.1 Å². The third-order valence-electron chi connectivity index (χ3n) is 3.31. The van der Waals surface area contributed by atoms with Crippen molar-refractivity contribution in [2.45, 2.75) is 12.8 Å². The summed E-state index contributed by atoms with van der Waals surface area (Å²) in [6.07, 6.45) is 4.16. The summed E-state index contributed by atoms with van der Waals surface area (Å²) in [7, 11) is 0. The Morgan fingerprint density at radius 1 is 1.40 bits per heavy atom. The molecule has 15 heavy (non-hydrogen) atoms. The van der Waals surface area contributed by atoms with Crippen molar-refractivity contribution in [3.63, 3.8) is 0 Å². The average Bonchev–Trinajstić information content (AvgIpc) is 2.77. The monoisotopic (exact) mass is 219 g/mol. The summed E-state index contributed by atoms with van der Waals surface area (Å²) in [4.78, 5) is 14.2. The van der Waals surface area contributed by atoms with Crippen molar-refractivity contribution in [2.75, 3.05) is 13.1 Å². The number of rotatable bonds is 1. The number of hydrogen-bond donors (Lipinski definition) is 0. The molecule has 3 aliphatic rings. The average molecular weight is 219 g/mol. The first-order valence-electron chi connectivity index (χ1n) is 5.37. The van der Waals surface area contributed by atoms with E-state index in [2.05, 4.69) is 16.3 Å². The topological polar surface area (TPSA) is 20.3 Å². The second-order valence-corrected chi connectivity index (χ2v) is 4.99. The Kier molecular flexibility index (Phi) is 2.13. The molecule has 0 N–H and O–H groups in total. The number of nitrogens with zero attached hydrogens (tertiary/aromatic N) is 1. The lowest BCUT2D eigenvalue weighted by atomic mass is 9.84. The zero-order valence-corrected chi connectivity index (χ0v) is 9.30. The minimum absolute atomic E-state index is 0.305. The predicted octanol–water partition coefficient (Wildman–Crippen LogP) is 2.38. The van der Waals surface area contributed by atoms with E-state index in [1.54, 1.807) is 11.3 Å². The quantitative estimate of drug-likeness (QED) is 0.676.